The largest absolute Gasteiger partial charge is 0.497 e. The molecule has 24 heavy (non-hydrogen) atoms. The van der Waals surface area contributed by atoms with E-state index in [0.717, 1.165) is 22.5 Å². The number of carbonyl (C=O) groups is 1. The molecule has 0 saturated heterocycles. The Kier molecular flexibility index (Phi) is 4.12. The first kappa shape index (κ1) is 15.9. The van der Waals surface area contributed by atoms with E-state index in [1.54, 1.807) is 19.2 Å². The average Bonchev–Trinajstić information content (AvgIpc) is 2.92. The molecule has 0 saturated carbocycles. The molecule has 0 fully saturated rings. The highest BCUT2D eigenvalue weighted by molar-refractivity contribution is 5.96. The number of nitrogens with one attached hydrogen (secondary N) is 1. The van der Waals surface area contributed by atoms with Gasteiger partial charge in [0.05, 0.1) is 18.1 Å². The first-order valence-corrected chi connectivity index (χ1v) is 7.72. The fourth-order valence-electron chi connectivity index (χ4n) is 2.67. The Morgan fingerprint density at radius 2 is 1.92 bits per heavy atom. The minimum atomic E-state index is -0.458. The summed E-state index contributed by atoms with van der Waals surface area (Å²) in [5.41, 5.74) is 8.40. The molecular weight excluding hydrogens is 304 g/mol. The third kappa shape index (κ3) is 2.90. The molecule has 0 spiro atoms. The number of benzene rings is 2. The Balaban J connectivity index is 2.04. The van der Waals surface area contributed by atoms with Crippen LogP contribution in [0.4, 0.5) is 11.6 Å². The Bertz CT molecular complexity index is 882. The highest BCUT2D eigenvalue weighted by atomic mass is 16.5. The topological polar surface area (TPSA) is 82.2 Å². The molecule has 0 unspecified atom stereocenters. The van der Waals surface area contributed by atoms with Gasteiger partial charge in [-0.15, -0.1) is 0 Å². The van der Waals surface area contributed by atoms with E-state index in [-0.39, 0.29) is 6.04 Å². The molecule has 3 rings (SSSR count). The van der Waals surface area contributed by atoms with Gasteiger partial charge in [-0.1, -0.05) is 0 Å². The van der Waals surface area contributed by atoms with E-state index in [0.29, 0.717) is 11.5 Å². The molecule has 1 heterocycles. The first-order valence-electron chi connectivity index (χ1n) is 7.72. The van der Waals surface area contributed by atoms with E-state index < -0.39 is 5.91 Å². The Hall–Kier alpha value is -3.02. The zero-order chi connectivity index (χ0) is 17.3. The molecule has 3 N–H and O–H groups in total. The van der Waals surface area contributed by atoms with Gasteiger partial charge in [0.2, 0.25) is 11.9 Å². The lowest BCUT2D eigenvalue weighted by Gasteiger charge is -2.14. The molecule has 0 bridgehead atoms. The van der Waals surface area contributed by atoms with Crippen LogP contribution >= 0.6 is 0 Å². The molecular formula is C18H20N4O2. The van der Waals surface area contributed by atoms with Crippen LogP contribution in [0, 0.1) is 0 Å². The van der Waals surface area contributed by atoms with Crippen molar-refractivity contribution >= 4 is 28.6 Å². The van der Waals surface area contributed by atoms with Crippen LogP contribution in [0.15, 0.2) is 42.5 Å². The normalized spacial score (nSPS) is 11.0. The zero-order valence-corrected chi connectivity index (χ0v) is 13.9. The SMILES string of the molecule is COc1ccc(Nc2nc3cc(C(N)=O)ccc3n2C(C)C)cc1. The lowest BCUT2D eigenvalue weighted by Crippen LogP contribution is -2.10. The van der Waals surface area contributed by atoms with Gasteiger partial charge in [0.15, 0.2) is 0 Å². The van der Waals surface area contributed by atoms with E-state index >= 15 is 0 Å². The van der Waals surface area contributed by atoms with Crippen LogP contribution in [-0.2, 0) is 0 Å². The molecule has 124 valence electrons. The van der Waals surface area contributed by atoms with Crippen LogP contribution in [0.2, 0.25) is 0 Å². The molecule has 6 heteroatoms. The maximum absolute atomic E-state index is 11.4. The van der Waals surface area contributed by atoms with Gasteiger partial charge >= 0.3 is 0 Å². The van der Waals surface area contributed by atoms with Crippen molar-refractivity contribution < 1.29 is 9.53 Å². The molecule has 3 aromatic rings. The molecule has 0 aliphatic heterocycles. The first-order chi connectivity index (χ1) is 11.5. The maximum atomic E-state index is 11.4. The molecule has 0 atom stereocenters. The third-order valence-corrected chi connectivity index (χ3v) is 3.84. The van der Waals surface area contributed by atoms with E-state index in [1.165, 1.54) is 0 Å². The van der Waals surface area contributed by atoms with Gasteiger partial charge in [-0.2, -0.15) is 0 Å². The lowest BCUT2D eigenvalue weighted by atomic mass is 10.2. The van der Waals surface area contributed by atoms with Crippen LogP contribution in [-0.4, -0.2) is 22.6 Å². The second kappa shape index (κ2) is 6.23. The van der Waals surface area contributed by atoms with Gasteiger partial charge in [0, 0.05) is 17.3 Å². The number of amides is 1. The highest BCUT2D eigenvalue weighted by Gasteiger charge is 2.15. The summed E-state index contributed by atoms with van der Waals surface area (Å²) in [5, 5.41) is 3.32. The molecule has 6 nitrogen and oxygen atoms in total. The number of aromatic nitrogens is 2. The van der Waals surface area contributed by atoms with Crippen LogP contribution in [0.1, 0.15) is 30.2 Å². The summed E-state index contributed by atoms with van der Waals surface area (Å²) < 4.78 is 7.26. The Labute approximate surface area is 140 Å². The maximum Gasteiger partial charge on any atom is 0.248 e. The second-order valence-electron chi connectivity index (χ2n) is 5.82. The summed E-state index contributed by atoms with van der Waals surface area (Å²) >= 11 is 0. The number of nitrogens with two attached hydrogens (primary N) is 1. The third-order valence-electron chi connectivity index (χ3n) is 3.84. The standard InChI is InChI=1S/C18H20N4O2/c1-11(2)22-16-9-4-12(17(19)23)10-15(16)21-18(22)20-13-5-7-14(24-3)8-6-13/h4-11H,1-3H3,(H2,19,23)(H,20,21). The Morgan fingerprint density at radius 3 is 2.50 bits per heavy atom. The van der Waals surface area contributed by atoms with Crippen molar-refractivity contribution in [1.82, 2.24) is 9.55 Å². The fourth-order valence-corrected chi connectivity index (χ4v) is 2.67. The number of methoxy groups -OCH3 is 1. The number of anilines is 2. The van der Waals surface area contributed by atoms with Crippen molar-refractivity contribution in [3.05, 3.63) is 48.0 Å². The predicted octanol–water partition coefficient (Wildman–Crippen LogP) is 3.47. The number of hydrogen-bond donors (Lipinski definition) is 2. The number of rotatable bonds is 5. The molecule has 1 amide bonds. The molecule has 0 radical (unpaired) electrons. The summed E-state index contributed by atoms with van der Waals surface area (Å²) in [4.78, 5) is 16.0. The number of hydrogen-bond acceptors (Lipinski definition) is 4. The summed E-state index contributed by atoms with van der Waals surface area (Å²) in [7, 11) is 1.64. The summed E-state index contributed by atoms with van der Waals surface area (Å²) in [6.07, 6.45) is 0. The van der Waals surface area contributed by atoms with Gasteiger partial charge in [-0.25, -0.2) is 4.98 Å². The van der Waals surface area contributed by atoms with Crippen molar-refractivity contribution in [2.75, 3.05) is 12.4 Å². The van der Waals surface area contributed by atoms with Crippen molar-refractivity contribution in [2.45, 2.75) is 19.9 Å². The van der Waals surface area contributed by atoms with Crippen molar-refractivity contribution in [1.29, 1.82) is 0 Å². The summed E-state index contributed by atoms with van der Waals surface area (Å²) in [6, 6.07) is 13.1. The molecule has 0 aliphatic carbocycles. The lowest BCUT2D eigenvalue weighted by molar-refractivity contribution is 0.100. The van der Waals surface area contributed by atoms with Crippen molar-refractivity contribution in [2.24, 2.45) is 5.73 Å². The minimum absolute atomic E-state index is 0.204. The van der Waals surface area contributed by atoms with Gasteiger partial charge in [-0.3, -0.25) is 4.79 Å². The van der Waals surface area contributed by atoms with E-state index in [2.05, 4.69) is 28.7 Å². The fraction of sp³-hybridized carbons (Fsp3) is 0.222. The summed E-state index contributed by atoms with van der Waals surface area (Å²) in [5.74, 6) is 1.05. The minimum Gasteiger partial charge on any atom is -0.497 e. The second-order valence-corrected chi connectivity index (χ2v) is 5.82. The predicted molar refractivity (Wildman–Crippen MR) is 94.9 cm³/mol. The van der Waals surface area contributed by atoms with Crippen molar-refractivity contribution in [3.8, 4) is 5.75 Å². The van der Waals surface area contributed by atoms with Gasteiger partial charge in [-0.05, 0) is 56.3 Å². The Morgan fingerprint density at radius 1 is 1.21 bits per heavy atom. The van der Waals surface area contributed by atoms with Crippen molar-refractivity contribution in [3.63, 3.8) is 0 Å². The quantitative estimate of drug-likeness (QED) is 0.753. The smallest absolute Gasteiger partial charge is 0.248 e. The highest BCUT2D eigenvalue weighted by Crippen LogP contribution is 2.28. The van der Waals surface area contributed by atoms with E-state index in [4.69, 9.17) is 10.5 Å². The van der Waals surface area contributed by atoms with Crippen LogP contribution in [0.25, 0.3) is 11.0 Å². The van der Waals surface area contributed by atoms with Crippen LogP contribution in [0.3, 0.4) is 0 Å². The van der Waals surface area contributed by atoms with Gasteiger partial charge in [0.1, 0.15) is 5.75 Å². The number of nitrogens with zero attached hydrogens (tertiary/aromatic N) is 2. The number of ether oxygens (including phenoxy) is 1. The molecule has 1 aromatic heterocycles. The van der Waals surface area contributed by atoms with Crippen LogP contribution < -0.4 is 15.8 Å². The van der Waals surface area contributed by atoms with Gasteiger partial charge < -0.3 is 20.4 Å². The molecule has 0 aliphatic rings. The number of imidazole rings is 1. The number of primary amides is 1. The van der Waals surface area contributed by atoms with Gasteiger partial charge in [0.25, 0.3) is 0 Å². The number of carbonyl (C=O) groups excluding carboxylic acids is 1. The monoisotopic (exact) mass is 324 g/mol. The molecule has 2 aromatic carbocycles. The van der Waals surface area contributed by atoms with Crippen LogP contribution in [0.5, 0.6) is 5.75 Å². The van der Waals surface area contributed by atoms with E-state index in [1.807, 2.05) is 30.3 Å². The van der Waals surface area contributed by atoms with E-state index in [9.17, 15) is 4.79 Å². The zero-order valence-electron chi connectivity index (χ0n) is 13.9. The number of fused-ring (bicyclic) bond motifs is 1. The summed E-state index contributed by atoms with van der Waals surface area (Å²) in [6.45, 7) is 4.17. The average molecular weight is 324 g/mol.